The molecular formula is C26H26N2O6S. The minimum Gasteiger partial charge on any atom is -0.454 e. The highest BCUT2D eigenvalue weighted by Gasteiger charge is 2.51. The Morgan fingerprint density at radius 2 is 1.74 bits per heavy atom. The normalized spacial score (nSPS) is 16.5. The Morgan fingerprint density at radius 3 is 2.46 bits per heavy atom. The third kappa shape index (κ3) is 4.62. The van der Waals surface area contributed by atoms with Gasteiger partial charge in [-0.25, -0.2) is 13.1 Å². The van der Waals surface area contributed by atoms with Gasteiger partial charge in [0.25, 0.3) is 0 Å². The van der Waals surface area contributed by atoms with Gasteiger partial charge in [-0.05, 0) is 72.9 Å². The lowest BCUT2D eigenvalue weighted by atomic mass is 9.94. The first-order valence-electron chi connectivity index (χ1n) is 11.4. The van der Waals surface area contributed by atoms with Gasteiger partial charge in [-0.3, -0.25) is 4.79 Å². The van der Waals surface area contributed by atoms with Crippen LogP contribution in [0, 0.1) is 0 Å². The zero-order valence-electron chi connectivity index (χ0n) is 19.2. The van der Waals surface area contributed by atoms with Crippen LogP contribution in [0.4, 0.5) is 5.69 Å². The van der Waals surface area contributed by atoms with Gasteiger partial charge in [-0.1, -0.05) is 30.3 Å². The zero-order chi connectivity index (χ0) is 24.6. The molecule has 5 rings (SSSR count). The van der Waals surface area contributed by atoms with Crippen molar-refractivity contribution in [3.05, 3.63) is 72.3 Å². The largest absolute Gasteiger partial charge is 0.454 e. The minimum absolute atomic E-state index is 0.0703. The number of aliphatic hydroxyl groups excluding tert-OH is 1. The van der Waals surface area contributed by atoms with Gasteiger partial charge in [0.1, 0.15) is 0 Å². The van der Waals surface area contributed by atoms with Crippen molar-refractivity contribution in [3.8, 4) is 22.6 Å². The van der Waals surface area contributed by atoms with E-state index in [0.717, 1.165) is 29.5 Å². The molecule has 1 atom stereocenters. The number of benzene rings is 3. The Morgan fingerprint density at radius 1 is 1.00 bits per heavy atom. The summed E-state index contributed by atoms with van der Waals surface area (Å²) in [6, 6.07) is 19.0. The van der Waals surface area contributed by atoms with E-state index >= 15 is 0 Å². The van der Waals surface area contributed by atoms with Crippen LogP contribution >= 0.6 is 0 Å². The van der Waals surface area contributed by atoms with Crippen LogP contribution in [0.15, 0.2) is 71.6 Å². The summed E-state index contributed by atoms with van der Waals surface area (Å²) in [6.45, 7) is 1.49. The highest BCUT2D eigenvalue weighted by molar-refractivity contribution is 7.89. The highest BCUT2D eigenvalue weighted by atomic mass is 32.2. The molecule has 35 heavy (non-hydrogen) atoms. The van der Waals surface area contributed by atoms with Crippen molar-refractivity contribution in [2.75, 3.05) is 18.7 Å². The van der Waals surface area contributed by atoms with Crippen LogP contribution < -0.4 is 19.5 Å². The summed E-state index contributed by atoms with van der Waals surface area (Å²) in [6.07, 6.45) is 1.52. The molecule has 2 aliphatic rings. The number of anilines is 1. The standard InChI is InChI=1S/C26H26N2O6S/c1-17(15-29)28-35(31,32)22-8-5-18(6-9-22)19-3-2-4-21(13-19)27-25(30)26(11-12-26)20-7-10-23-24(14-20)34-16-33-23/h2-10,13-14,17,28-29H,11-12,15-16H2,1H3,(H,27,30)/t17-/m0/s1. The molecule has 1 aliphatic heterocycles. The second-order valence-electron chi connectivity index (χ2n) is 8.91. The van der Waals surface area contributed by atoms with Crippen molar-refractivity contribution in [1.29, 1.82) is 0 Å². The molecule has 0 aromatic heterocycles. The molecule has 1 saturated carbocycles. The summed E-state index contributed by atoms with van der Waals surface area (Å²) in [7, 11) is -3.72. The number of aliphatic hydroxyl groups is 1. The molecule has 0 spiro atoms. The van der Waals surface area contributed by atoms with Crippen molar-refractivity contribution in [2.45, 2.75) is 36.1 Å². The Labute approximate surface area is 203 Å². The second kappa shape index (κ2) is 8.99. The number of sulfonamides is 1. The molecule has 3 aromatic carbocycles. The summed E-state index contributed by atoms with van der Waals surface area (Å²) in [5.74, 6) is 1.28. The molecular weight excluding hydrogens is 468 g/mol. The summed E-state index contributed by atoms with van der Waals surface area (Å²) in [4.78, 5) is 13.4. The zero-order valence-corrected chi connectivity index (χ0v) is 20.0. The van der Waals surface area contributed by atoms with Crippen LogP contribution in [0.2, 0.25) is 0 Å². The number of carbonyl (C=O) groups is 1. The maximum absolute atomic E-state index is 13.2. The molecule has 1 heterocycles. The average molecular weight is 495 g/mol. The molecule has 0 unspecified atom stereocenters. The summed E-state index contributed by atoms with van der Waals surface area (Å²) in [5, 5.41) is 12.2. The summed E-state index contributed by atoms with van der Waals surface area (Å²) < 4.78 is 38.1. The van der Waals surface area contributed by atoms with Gasteiger partial charge >= 0.3 is 0 Å². The molecule has 8 nitrogen and oxygen atoms in total. The fourth-order valence-corrected chi connectivity index (χ4v) is 5.42. The minimum atomic E-state index is -3.72. The topological polar surface area (TPSA) is 114 Å². The number of nitrogens with one attached hydrogen (secondary N) is 2. The molecule has 3 aromatic rings. The lowest BCUT2D eigenvalue weighted by Crippen LogP contribution is -2.34. The third-order valence-corrected chi connectivity index (χ3v) is 7.96. The quantitative estimate of drug-likeness (QED) is 0.442. The van der Waals surface area contributed by atoms with Crippen molar-refractivity contribution in [1.82, 2.24) is 4.72 Å². The van der Waals surface area contributed by atoms with Crippen LogP contribution in [0.25, 0.3) is 11.1 Å². The fourth-order valence-electron chi connectivity index (χ4n) is 4.19. The van der Waals surface area contributed by atoms with Gasteiger partial charge in [0, 0.05) is 11.7 Å². The van der Waals surface area contributed by atoms with E-state index in [2.05, 4.69) is 10.0 Å². The van der Waals surface area contributed by atoms with Gasteiger partial charge in [0.2, 0.25) is 22.7 Å². The van der Waals surface area contributed by atoms with Crippen molar-refractivity contribution >= 4 is 21.6 Å². The number of amides is 1. The third-order valence-electron chi connectivity index (χ3n) is 6.36. The van der Waals surface area contributed by atoms with Gasteiger partial charge in [0.15, 0.2) is 11.5 Å². The van der Waals surface area contributed by atoms with Crippen LogP contribution in [0.5, 0.6) is 11.5 Å². The lowest BCUT2D eigenvalue weighted by Gasteiger charge is -2.17. The van der Waals surface area contributed by atoms with Crippen LogP contribution in [-0.4, -0.2) is 38.9 Å². The van der Waals surface area contributed by atoms with E-state index in [1.165, 1.54) is 12.1 Å². The number of rotatable bonds is 8. The summed E-state index contributed by atoms with van der Waals surface area (Å²) in [5.41, 5.74) is 2.65. The van der Waals surface area contributed by atoms with E-state index < -0.39 is 21.5 Å². The van der Waals surface area contributed by atoms with Crippen molar-refractivity contribution in [2.24, 2.45) is 0 Å². The van der Waals surface area contributed by atoms with Gasteiger partial charge < -0.3 is 19.9 Å². The summed E-state index contributed by atoms with van der Waals surface area (Å²) >= 11 is 0. The molecule has 0 radical (unpaired) electrons. The van der Waals surface area contributed by atoms with Gasteiger partial charge in [-0.15, -0.1) is 0 Å². The van der Waals surface area contributed by atoms with Crippen LogP contribution in [0.1, 0.15) is 25.3 Å². The monoisotopic (exact) mass is 494 g/mol. The first-order valence-corrected chi connectivity index (χ1v) is 12.8. The Bertz CT molecular complexity index is 1370. The number of fused-ring (bicyclic) bond motifs is 1. The van der Waals surface area contributed by atoms with E-state index in [1.807, 2.05) is 42.5 Å². The Hall–Kier alpha value is -3.40. The van der Waals surface area contributed by atoms with E-state index in [-0.39, 0.29) is 24.2 Å². The van der Waals surface area contributed by atoms with Gasteiger partial charge in [-0.2, -0.15) is 0 Å². The first-order chi connectivity index (χ1) is 16.8. The fraction of sp³-hybridized carbons (Fsp3) is 0.269. The number of hydrogen-bond acceptors (Lipinski definition) is 6. The Kier molecular flexibility index (Phi) is 6.00. The lowest BCUT2D eigenvalue weighted by molar-refractivity contribution is -0.118. The molecule has 1 fully saturated rings. The molecule has 1 amide bonds. The average Bonchev–Trinajstić information content (AvgIpc) is 3.55. The molecule has 1 aliphatic carbocycles. The highest BCUT2D eigenvalue weighted by Crippen LogP contribution is 2.51. The molecule has 9 heteroatoms. The van der Waals surface area contributed by atoms with Crippen molar-refractivity contribution in [3.63, 3.8) is 0 Å². The molecule has 3 N–H and O–H groups in total. The number of hydrogen-bond donors (Lipinski definition) is 3. The number of carbonyl (C=O) groups excluding carboxylic acids is 1. The Balaban J connectivity index is 1.32. The maximum atomic E-state index is 13.2. The molecule has 0 saturated heterocycles. The number of ether oxygens (including phenoxy) is 2. The first kappa shape index (κ1) is 23.3. The van der Waals surface area contributed by atoms with Crippen molar-refractivity contribution < 1.29 is 27.8 Å². The van der Waals surface area contributed by atoms with Crippen LogP contribution in [0.3, 0.4) is 0 Å². The van der Waals surface area contributed by atoms with E-state index in [4.69, 9.17) is 14.6 Å². The van der Waals surface area contributed by atoms with E-state index in [1.54, 1.807) is 19.1 Å². The SMILES string of the molecule is C[C@@H](CO)NS(=O)(=O)c1ccc(-c2cccc(NC(=O)C3(c4ccc5c(c4)OCO5)CC3)c2)cc1. The predicted octanol–water partition coefficient (Wildman–Crippen LogP) is 3.41. The smallest absolute Gasteiger partial charge is 0.240 e. The second-order valence-corrected chi connectivity index (χ2v) is 10.6. The van der Waals surface area contributed by atoms with E-state index in [0.29, 0.717) is 17.2 Å². The molecule has 0 bridgehead atoms. The van der Waals surface area contributed by atoms with Crippen LogP contribution in [-0.2, 0) is 20.2 Å². The molecule has 182 valence electrons. The van der Waals surface area contributed by atoms with Gasteiger partial charge in [0.05, 0.1) is 16.9 Å². The predicted molar refractivity (Wildman–Crippen MR) is 131 cm³/mol. The van der Waals surface area contributed by atoms with E-state index in [9.17, 15) is 13.2 Å². The maximum Gasteiger partial charge on any atom is 0.240 e.